The van der Waals surface area contributed by atoms with Crippen molar-refractivity contribution in [3.8, 4) is 0 Å². The van der Waals surface area contributed by atoms with Gasteiger partial charge < -0.3 is 4.74 Å². The Hall–Kier alpha value is -0.530. The Morgan fingerprint density at radius 3 is 2.13 bits per heavy atom. The van der Waals surface area contributed by atoms with Gasteiger partial charge in [-0.15, -0.1) is 0 Å². The van der Waals surface area contributed by atoms with Crippen molar-refractivity contribution in [3.05, 3.63) is 0 Å². The van der Waals surface area contributed by atoms with Crippen LogP contribution < -0.4 is 0 Å². The van der Waals surface area contributed by atoms with E-state index in [1.54, 1.807) is 0 Å². The van der Waals surface area contributed by atoms with Crippen LogP contribution in [0, 0.1) is 0 Å². The zero-order valence-electron chi connectivity index (χ0n) is 9.96. The number of cyclic esters (lactones) is 1. The Morgan fingerprint density at radius 1 is 1.07 bits per heavy atom. The van der Waals surface area contributed by atoms with Crippen molar-refractivity contribution in [2.75, 3.05) is 0 Å². The van der Waals surface area contributed by atoms with Crippen LogP contribution in [0.3, 0.4) is 0 Å². The summed E-state index contributed by atoms with van der Waals surface area (Å²) in [4.78, 5) is 10.5. The molecule has 1 atom stereocenters. The molecule has 2 heteroatoms. The van der Waals surface area contributed by atoms with Crippen LogP contribution >= 0.6 is 0 Å². The molecule has 2 nitrogen and oxygen atoms in total. The number of unbranched alkanes of at least 4 members (excludes halogenated alkanes) is 7. The molecule has 0 amide bonds. The zero-order chi connectivity index (χ0) is 10.9. The molecule has 0 aromatic carbocycles. The molecule has 0 unspecified atom stereocenters. The molecule has 1 fully saturated rings. The molecule has 1 heterocycles. The Morgan fingerprint density at radius 2 is 1.60 bits per heavy atom. The maximum absolute atomic E-state index is 10.5. The summed E-state index contributed by atoms with van der Waals surface area (Å²) < 4.78 is 4.96. The lowest BCUT2D eigenvalue weighted by atomic mass is 10.0. The fourth-order valence-electron chi connectivity index (χ4n) is 2.03. The average molecular weight is 212 g/mol. The van der Waals surface area contributed by atoms with Crippen molar-refractivity contribution in [1.82, 2.24) is 0 Å². The molecule has 0 spiro atoms. The number of hydrogen-bond acceptors (Lipinski definition) is 2. The normalized spacial score (nSPS) is 19.8. The van der Waals surface area contributed by atoms with E-state index >= 15 is 0 Å². The topological polar surface area (TPSA) is 26.3 Å². The smallest absolute Gasteiger partial charge is 0.309 e. The standard InChI is InChI=1S/C13H24O2/c1-2-3-4-5-6-7-8-9-10-12-11-13(14)15-12/h12H,2-11H2,1H3/t12-/m0/s1. The molecule has 0 aromatic heterocycles. The minimum Gasteiger partial charge on any atom is -0.462 e. The van der Waals surface area contributed by atoms with Gasteiger partial charge in [0.1, 0.15) is 6.10 Å². The largest absolute Gasteiger partial charge is 0.462 e. The maximum atomic E-state index is 10.5. The quantitative estimate of drug-likeness (QED) is 0.429. The van der Waals surface area contributed by atoms with E-state index in [1.165, 1.54) is 51.4 Å². The first-order valence-electron chi connectivity index (χ1n) is 6.52. The minimum atomic E-state index is -0.0143. The maximum Gasteiger partial charge on any atom is 0.309 e. The monoisotopic (exact) mass is 212 g/mol. The van der Waals surface area contributed by atoms with Crippen LogP contribution in [0.2, 0.25) is 0 Å². The SMILES string of the molecule is CCCCCCCCCC[C@H]1CC(=O)O1. The lowest BCUT2D eigenvalue weighted by molar-refractivity contribution is -0.169. The highest BCUT2D eigenvalue weighted by atomic mass is 16.6. The Bertz CT molecular complexity index is 169. The first-order chi connectivity index (χ1) is 7.33. The second kappa shape index (κ2) is 7.72. The second-order valence-electron chi connectivity index (χ2n) is 4.58. The highest BCUT2D eigenvalue weighted by Gasteiger charge is 2.27. The molecule has 0 N–H and O–H groups in total. The van der Waals surface area contributed by atoms with Crippen LogP contribution in [0.4, 0.5) is 0 Å². The van der Waals surface area contributed by atoms with E-state index in [2.05, 4.69) is 6.92 Å². The highest BCUT2D eigenvalue weighted by molar-refractivity contribution is 5.75. The number of hydrogen-bond donors (Lipinski definition) is 0. The van der Waals surface area contributed by atoms with Crippen LogP contribution in [0.5, 0.6) is 0 Å². The molecule has 1 aliphatic rings. The van der Waals surface area contributed by atoms with Crippen LogP contribution in [-0.2, 0) is 9.53 Å². The van der Waals surface area contributed by atoms with Gasteiger partial charge in [0.25, 0.3) is 0 Å². The summed E-state index contributed by atoms with van der Waals surface area (Å²) in [6, 6.07) is 0. The molecule has 0 radical (unpaired) electrons. The van der Waals surface area contributed by atoms with Gasteiger partial charge in [0, 0.05) is 0 Å². The van der Waals surface area contributed by atoms with E-state index < -0.39 is 0 Å². The lowest BCUT2D eigenvalue weighted by Crippen LogP contribution is -2.32. The summed E-state index contributed by atoms with van der Waals surface area (Å²) >= 11 is 0. The van der Waals surface area contributed by atoms with Crippen molar-refractivity contribution in [2.45, 2.75) is 77.2 Å². The summed E-state index contributed by atoms with van der Waals surface area (Å²) in [5.41, 5.74) is 0. The number of ether oxygens (including phenoxy) is 1. The summed E-state index contributed by atoms with van der Waals surface area (Å²) in [6.07, 6.45) is 12.8. The van der Waals surface area contributed by atoms with E-state index in [0.717, 1.165) is 6.42 Å². The van der Waals surface area contributed by atoms with Gasteiger partial charge in [0.15, 0.2) is 0 Å². The molecule has 1 rings (SSSR count). The van der Waals surface area contributed by atoms with Crippen LogP contribution in [0.1, 0.15) is 71.1 Å². The van der Waals surface area contributed by atoms with Gasteiger partial charge in [-0.1, -0.05) is 51.9 Å². The van der Waals surface area contributed by atoms with E-state index in [0.29, 0.717) is 6.42 Å². The van der Waals surface area contributed by atoms with Crippen LogP contribution in [-0.4, -0.2) is 12.1 Å². The fraction of sp³-hybridized carbons (Fsp3) is 0.923. The second-order valence-corrected chi connectivity index (χ2v) is 4.58. The molecular formula is C13H24O2. The summed E-state index contributed by atoms with van der Waals surface area (Å²) in [6.45, 7) is 2.25. The molecule has 88 valence electrons. The molecule has 15 heavy (non-hydrogen) atoms. The molecule has 0 bridgehead atoms. The molecular weight excluding hydrogens is 188 g/mol. The first kappa shape index (κ1) is 12.5. The third-order valence-corrected chi connectivity index (χ3v) is 3.07. The molecule has 0 saturated carbocycles. The van der Waals surface area contributed by atoms with Gasteiger partial charge in [0.2, 0.25) is 0 Å². The third kappa shape index (κ3) is 5.81. The summed E-state index contributed by atoms with van der Waals surface area (Å²) in [5.74, 6) is -0.0143. The van der Waals surface area contributed by atoms with Crippen LogP contribution in [0.15, 0.2) is 0 Å². The number of rotatable bonds is 9. The molecule has 1 saturated heterocycles. The van der Waals surface area contributed by atoms with E-state index in [9.17, 15) is 4.79 Å². The summed E-state index contributed by atoms with van der Waals surface area (Å²) in [5, 5.41) is 0. The van der Waals surface area contributed by atoms with Crippen LogP contribution in [0.25, 0.3) is 0 Å². The average Bonchev–Trinajstić information content (AvgIpc) is 2.19. The van der Waals surface area contributed by atoms with Gasteiger partial charge in [-0.25, -0.2) is 0 Å². The van der Waals surface area contributed by atoms with E-state index in [1.807, 2.05) is 0 Å². The van der Waals surface area contributed by atoms with Crippen molar-refractivity contribution in [1.29, 1.82) is 0 Å². The Kier molecular flexibility index (Phi) is 6.45. The van der Waals surface area contributed by atoms with Crippen molar-refractivity contribution < 1.29 is 9.53 Å². The number of carbonyl (C=O) groups is 1. The van der Waals surface area contributed by atoms with Crippen molar-refractivity contribution in [2.24, 2.45) is 0 Å². The molecule has 0 aromatic rings. The fourth-order valence-corrected chi connectivity index (χ4v) is 2.03. The Labute approximate surface area is 93.4 Å². The Balaban J connectivity index is 1.72. The van der Waals surface area contributed by atoms with Gasteiger partial charge in [-0.3, -0.25) is 4.79 Å². The predicted octanol–water partition coefficient (Wildman–Crippen LogP) is 3.83. The van der Waals surface area contributed by atoms with Gasteiger partial charge in [-0.2, -0.15) is 0 Å². The summed E-state index contributed by atoms with van der Waals surface area (Å²) in [7, 11) is 0. The number of esters is 1. The first-order valence-corrected chi connectivity index (χ1v) is 6.52. The molecule has 1 aliphatic heterocycles. The predicted molar refractivity (Wildman–Crippen MR) is 61.7 cm³/mol. The minimum absolute atomic E-state index is 0.0143. The van der Waals surface area contributed by atoms with E-state index in [-0.39, 0.29) is 12.1 Å². The zero-order valence-corrected chi connectivity index (χ0v) is 9.96. The van der Waals surface area contributed by atoms with Gasteiger partial charge in [0.05, 0.1) is 6.42 Å². The van der Waals surface area contributed by atoms with E-state index in [4.69, 9.17) is 4.74 Å². The van der Waals surface area contributed by atoms with Gasteiger partial charge in [-0.05, 0) is 12.8 Å². The highest BCUT2D eigenvalue weighted by Crippen LogP contribution is 2.20. The van der Waals surface area contributed by atoms with Crippen molar-refractivity contribution >= 4 is 5.97 Å². The lowest BCUT2D eigenvalue weighted by Gasteiger charge is -2.25. The molecule has 0 aliphatic carbocycles. The van der Waals surface area contributed by atoms with Gasteiger partial charge >= 0.3 is 5.97 Å². The number of carbonyl (C=O) groups excluding carboxylic acids is 1. The van der Waals surface area contributed by atoms with Crippen molar-refractivity contribution in [3.63, 3.8) is 0 Å². The third-order valence-electron chi connectivity index (χ3n) is 3.07.